The minimum Gasteiger partial charge on any atom is -0.326 e. The van der Waals surface area contributed by atoms with E-state index in [0.29, 0.717) is 0 Å². The zero-order valence-electron chi connectivity index (χ0n) is 12.9. The molecule has 0 amide bonds. The summed E-state index contributed by atoms with van der Waals surface area (Å²) in [6.45, 7) is 7.61. The molecule has 0 spiro atoms. The number of aromatic amines is 1. The van der Waals surface area contributed by atoms with Crippen LogP contribution >= 0.6 is 15.9 Å². The normalized spacial score (nSPS) is 12.6. The van der Waals surface area contributed by atoms with E-state index in [1.807, 2.05) is 7.05 Å². The second kappa shape index (κ2) is 5.14. The van der Waals surface area contributed by atoms with Crippen LogP contribution < -0.4 is 5.32 Å². The van der Waals surface area contributed by atoms with Gasteiger partial charge in [-0.1, -0.05) is 32.9 Å². The van der Waals surface area contributed by atoms with Crippen molar-refractivity contribution in [2.75, 3.05) is 13.6 Å². The van der Waals surface area contributed by atoms with Gasteiger partial charge < -0.3 is 10.3 Å². The Hall–Kier alpha value is -1.33. The molecular formula is C16H21BrN4. The second-order valence-corrected chi connectivity index (χ2v) is 7.19. The molecule has 0 aliphatic rings. The molecule has 112 valence electrons. The number of imidazole rings is 2. The molecule has 1 aromatic carbocycles. The van der Waals surface area contributed by atoms with Crippen LogP contribution in [0.5, 0.6) is 0 Å². The molecule has 0 fully saturated rings. The van der Waals surface area contributed by atoms with E-state index in [4.69, 9.17) is 4.98 Å². The highest BCUT2D eigenvalue weighted by Gasteiger charge is 2.21. The van der Waals surface area contributed by atoms with Crippen LogP contribution in [0.4, 0.5) is 0 Å². The smallest absolute Gasteiger partial charge is 0.213 e. The van der Waals surface area contributed by atoms with Crippen LogP contribution in [0, 0.1) is 0 Å². The molecule has 2 heterocycles. The Kier molecular flexibility index (Phi) is 3.58. The fourth-order valence-electron chi connectivity index (χ4n) is 2.72. The lowest BCUT2D eigenvalue weighted by atomic mass is 9.86. The number of rotatable bonds is 3. The lowest BCUT2D eigenvalue weighted by Crippen LogP contribution is -2.12. The molecule has 3 aromatic rings. The van der Waals surface area contributed by atoms with E-state index in [0.717, 1.165) is 34.4 Å². The van der Waals surface area contributed by atoms with E-state index in [1.54, 1.807) is 0 Å². The van der Waals surface area contributed by atoms with Gasteiger partial charge in [0.2, 0.25) is 5.78 Å². The van der Waals surface area contributed by atoms with Gasteiger partial charge in [-0.3, -0.25) is 4.40 Å². The number of para-hydroxylation sites is 1. The van der Waals surface area contributed by atoms with E-state index < -0.39 is 0 Å². The van der Waals surface area contributed by atoms with Crippen molar-refractivity contribution in [1.82, 2.24) is 19.7 Å². The standard InChI is InChI=1S/C16H21BrN4/c1-16(2,3)10-6-5-7-12-13(10)20-15-19-11(8-9-18-4)14(17)21(12)15/h5-7,18H,8-9H2,1-4H3,(H,19,20). The predicted octanol–water partition coefficient (Wildman–Crippen LogP) is 3.64. The Morgan fingerprint density at radius 1 is 1.33 bits per heavy atom. The average molecular weight is 349 g/mol. The van der Waals surface area contributed by atoms with Gasteiger partial charge in [0.1, 0.15) is 4.60 Å². The first-order chi connectivity index (χ1) is 9.93. The molecule has 2 N–H and O–H groups in total. The quantitative estimate of drug-likeness (QED) is 0.758. The lowest BCUT2D eigenvalue weighted by molar-refractivity contribution is 0.595. The van der Waals surface area contributed by atoms with Crippen molar-refractivity contribution in [2.45, 2.75) is 32.6 Å². The minimum absolute atomic E-state index is 0.0836. The average Bonchev–Trinajstić information content (AvgIpc) is 2.92. The van der Waals surface area contributed by atoms with Crippen molar-refractivity contribution in [3.63, 3.8) is 0 Å². The van der Waals surface area contributed by atoms with Gasteiger partial charge in [0.05, 0.1) is 16.7 Å². The molecule has 21 heavy (non-hydrogen) atoms. The summed E-state index contributed by atoms with van der Waals surface area (Å²) < 4.78 is 3.23. The first-order valence-corrected chi connectivity index (χ1v) is 8.05. The number of aromatic nitrogens is 3. The third-order valence-electron chi connectivity index (χ3n) is 3.83. The van der Waals surface area contributed by atoms with Crippen molar-refractivity contribution in [1.29, 1.82) is 0 Å². The molecule has 4 nitrogen and oxygen atoms in total. The first-order valence-electron chi connectivity index (χ1n) is 7.26. The largest absolute Gasteiger partial charge is 0.326 e. The Balaban J connectivity index is 2.24. The highest BCUT2D eigenvalue weighted by molar-refractivity contribution is 9.10. The van der Waals surface area contributed by atoms with Gasteiger partial charge in [-0.25, -0.2) is 4.98 Å². The molecule has 3 rings (SSSR count). The summed E-state index contributed by atoms with van der Waals surface area (Å²) in [7, 11) is 1.97. The Labute approximate surface area is 133 Å². The maximum absolute atomic E-state index is 4.83. The second-order valence-electron chi connectivity index (χ2n) is 6.44. The molecular weight excluding hydrogens is 328 g/mol. The maximum Gasteiger partial charge on any atom is 0.213 e. The van der Waals surface area contributed by atoms with Gasteiger partial charge in [0.25, 0.3) is 0 Å². The fourth-order valence-corrected chi connectivity index (χ4v) is 3.38. The first kappa shape index (κ1) is 14.6. The molecule has 2 aromatic heterocycles. The predicted molar refractivity (Wildman–Crippen MR) is 91.1 cm³/mol. The van der Waals surface area contributed by atoms with Gasteiger partial charge in [-0.2, -0.15) is 0 Å². The van der Waals surface area contributed by atoms with Crippen LogP contribution in [0.15, 0.2) is 22.8 Å². The summed E-state index contributed by atoms with van der Waals surface area (Å²) in [5.74, 6) is 0.902. The van der Waals surface area contributed by atoms with Crippen molar-refractivity contribution in [2.24, 2.45) is 0 Å². The van der Waals surface area contributed by atoms with Gasteiger partial charge in [0, 0.05) is 13.0 Å². The number of H-pyrrole nitrogens is 1. The maximum atomic E-state index is 4.83. The fraction of sp³-hybridized carbons (Fsp3) is 0.438. The van der Waals surface area contributed by atoms with Crippen LogP contribution in [-0.4, -0.2) is 28.0 Å². The molecule has 0 atom stereocenters. The number of fused-ring (bicyclic) bond motifs is 3. The molecule has 0 aliphatic carbocycles. The van der Waals surface area contributed by atoms with Crippen LogP contribution in [-0.2, 0) is 11.8 Å². The highest BCUT2D eigenvalue weighted by atomic mass is 79.9. The van der Waals surface area contributed by atoms with Crippen LogP contribution in [0.25, 0.3) is 16.8 Å². The van der Waals surface area contributed by atoms with E-state index in [-0.39, 0.29) is 5.41 Å². The molecule has 0 saturated heterocycles. The number of hydrogen-bond acceptors (Lipinski definition) is 2. The minimum atomic E-state index is 0.0836. The van der Waals surface area contributed by atoms with Crippen LogP contribution in [0.3, 0.4) is 0 Å². The Morgan fingerprint density at radius 2 is 2.10 bits per heavy atom. The zero-order chi connectivity index (χ0) is 15.2. The number of likely N-dealkylation sites (N-methyl/N-ethyl adjacent to an activating group) is 1. The number of nitrogens with zero attached hydrogens (tertiary/aromatic N) is 2. The third-order valence-corrected chi connectivity index (χ3v) is 4.66. The van der Waals surface area contributed by atoms with Crippen molar-refractivity contribution in [3.05, 3.63) is 34.1 Å². The molecule has 0 saturated carbocycles. The number of halogens is 1. The van der Waals surface area contributed by atoms with E-state index in [9.17, 15) is 0 Å². The van der Waals surface area contributed by atoms with Crippen LogP contribution in [0.2, 0.25) is 0 Å². The molecule has 0 bridgehead atoms. The summed E-state index contributed by atoms with van der Waals surface area (Å²) in [5.41, 5.74) is 4.77. The molecule has 0 unspecified atom stereocenters. The summed E-state index contributed by atoms with van der Waals surface area (Å²) in [4.78, 5) is 8.26. The molecule has 0 radical (unpaired) electrons. The molecule has 0 aliphatic heterocycles. The van der Waals surface area contributed by atoms with E-state index >= 15 is 0 Å². The van der Waals surface area contributed by atoms with Gasteiger partial charge in [-0.05, 0) is 40.0 Å². The monoisotopic (exact) mass is 348 g/mol. The summed E-state index contributed by atoms with van der Waals surface area (Å²) in [6.07, 6.45) is 0.945. The summed E-state index contributed by atoms with van der Waals surface area (Å²) in [6, 6.07) is 6.42. The molecule has 5 heteroatoms. The summed E-state index contributed by atoms with van der Waals surface area (Å²) in [5, 5.41) is 3.18. The van der Waals surface area contributed by atoms with Gasteiger partial charge in [0.15, 0.2) is 0 Å². The number of benzene rings is 1. The Bertz CT molecular complexity index is 792. The zero-order valence-corrected chi connectivity index (χ0v) is 14.5. The van der Waals surface area contributed by atoms with Crippen LogP contribution in [0.1, 0.15) is 32.0 Å². The van der Waals surface area contributed by atoms with Gasteiger partial charge >= 0.3 is 0 Å². The summed E-state index contributed by atoms with van der Waals surface area (Å²) >= 11 is 3.72. The van der Waals surface area contributed by atoms with Crippen molar-refractivity contribution in [3.8, 4) is 0 Å². The highest BCUT2D eigenvalue weighted by Crippen LogP contribution is 2.32. The van der Waals surface area contributed by atoms with Gasteiger partial charge in [-0.15, -0.1) is 0 Å². The van der Waals surface area contributed by atoms with E-state index in [1.165, 1.54) is 11.3 Å². The van der Waals surface area contributed by atoms with E-state index in [2.05, 4.69) is 69.6 Å². The topological polar surface area (TPSA) is 45.1 Å². The third kappa shape index (κ3) is 2.38. The number of nitrogens with one attached hydrogen (secondary N) is 2. The van der Waals surface area contributed by atoms with Crippen molar-refractivity contribution >= 4 is 32.7 Å². The number of hydrogen-bond donors (Lipinski definition) is 2. The van der Waals surface area contributed by atoms with Crippen molar-refractivity contribution < 1.29 is 0 Å². The Morgan fingerprint density at radius 3 is 2.76 bits per heavy atom. The lowest BCUT2D eigenvalue weighted by Gasteiger charge is -2.19. The SMILES string of the molecule is CNCCc1[nH]c2nc3c(C(C)(C)C)cccc3n2c1Br.